The fraction of sp³-hybridized carbons (Fsp3) is 0.829. The van der Waals surface area contributed by atoms with E-state index in [1.165, 1.54) is 115 Å². The predicted molar refractivity (Wildman–Crippen MR) is 165 cm³/mol. The second-order valence-electron chi connectivity index (χ2n) is 13.0. The van der Waals surface area contributed by atoms with Gasteiger partial charge in [0.2, 0.25) is 0 Å². The zero-order valence-electron chi connectivity index (χ0n) is 26.4. The van der Waals surface area contributed by atoms with Gasteiger partial charge in [-0.1, -0.05) is 137 Å². The molecule has 2 bridgehead atoms. The molecule has 0 heterocycles. The minimum atomic E-state index is -0.300. The highest BCUT2D eigenvalue weighted by molar-refractivity contribution is 5.87. The monoisotopic (exact) mass is 546 g/mol. The van der Waals surface area contributed by atoms with Crippen molar-refractivity contribution in [2.24, 2.45) is 16.7 Å². The van der Waals surface area contributed by atoms with Crippen LogP contribution >= 0.6 is 0 Å². The number of hydrogen-bond acceptors (Lipinski definition) is 4. The Balaban J connectivity index is 0.000000412. The van der Waals surface area contributed by atoms with Gasteiger partial charge in [-0.15, -0.1) is 0 Å². The van der Waals surface area contributed by atoms with E-state index >= 15 is 0 Å². The molecule has 4 heteroatoms. The molecule has 0 N–H and O–H groups in total. The van der Waals surface area contributed by atoms with Crippen molar-refractivity contribution >= 4 is 11.9 Å². The van der Waals surface area contributed by atoms with Crippen molar-refractivity contribution in [1.82, 2.24) is 0 Å². The number of fused-ring (bicyclic) bond motifs is 2. The third-order valence-electron chi connectivity index (χ3n) is 9.72. The highest BCUT2D eigenvalue weighted by Gasteiger charge is 2.62. The van der Waals surface area contributed by atoms with Crippen LogP contribution < -0.4 is 0 Å². The molecule has 2 aliphatic rings. The Labute approximate surface area is 241 Å². The van der Waals surface area contributed by atoms with Crippen molar-refractivity contribution in [3.8, 4) is 0 Å². The summed E-state index contributed by atoms with van der Waals surface area (Å²) in [6.45, 7) is 18.5. The molecule has 0 radical (unpaired) electrons. The van der Waals surface area contributed by atoms with Crippen LogP contribution in [0.4, 0.5) is 0 Å². The summed E-state index contributed by atoms with van der Waals surface area (Å²) in [5.41, 5.74) is 0.958. The van der Waals surface area contributed by atoms with Gasteiger partial charge in [0.1, 0.15) is 6.10 Å². The van der Waals surface area contributed by atoms with Crippen molar-refractivity contribution in [2.75, 3.05) is 6.61 Å². The Kier molecular flexibility index (Phi) is 17.7. The van der Waals surface area contributed by atoms with Crippen molar-refractivity contribution < 1.29 is 19.1 Å². The largest absolute Gasteiger partial charge is 0.463 e. The van der Waals surface area contributed by atoms with Crippen LogP contribution in [0.3, 0.4) is 0 Å². The first-order valence-corrected chi connectivity index (χ1v) is 16.3. The molecule has 0 aliphatic heterocycles. The Bertz CT molecular complexity index is 724. The topological polar surface area (TPSA) is 52.6 Å². The molecule has 0 aromatic rings. The highest BCUT2D eigenvalue weighted by Crippen LogP contribution is 2.66. The molecule has 2 fully saturated rings. The normalized spacial score (nSPS) is 22.6. The lowest BCUT2D eigenvalue weighted by Crippen LogP contribution is -2.38. The first kappa shape index (κ1) is 35.4. The summed E-state index contributed by atoms with van der Waals surface area (Å²) in [4.78, 5) is 22.4. The SMILES string of the molecule is C=C(C)C(=O)OC1C[C@H]2CC[C@@]1(C)C2(C)C.C=CC(=O)OCCCCCCCCCCCCCCCCCC. The van der Waals surface area contributed by atoms with Gasteiger partial charge in [0.15, 0.2) is 0 Å². The van der Waals surface area contributed by atoms with Crippen LogP contribution in [0.2, 0.25) is 0 Å². The number of esters is 2. The van der Waals surface area contributed by atoms with Crippen LogP contribution in [-0.2, 0) is 19.1 Å². The van der Waals surface area contributed by atoms with Gasteiger partial charge in [-0.25, -0.2) is 9.59 Å². The molecular weight excluding hydrogens is 484 g/mol. The third kappa shape index (κ3) is 12.6. The van der Waals surface area contributed by atoms with Crippen molar-refractivity contribution in [2.45, 2.75) is 163 Å². The molecule has 2 aliphatic carbocycles. The van der Waals surface area contributed by atoms with Crippen LogP contribution in [0.15, 0.2) is 24.8 Å². The smallest absolute Gasteiger partial charge is 0.333 e. The molecule has 0 spiro atoms. The van der Waals surface area contributed by atoms with E-state index in [-0.39, 0.29) is 23.5 Å². The predicted octanol–water partition coefficient (Wildman–Crippen LogP) is 10.3. The number of carbonyl (C=O) groups is 2. The standard InChI is InChI=1S/C21H40O2.C14H22O2/c1-3-5-6-7-8-9-10-11-12-13-14-15-16-17-18-19-20-23-21(22)4-2;1-9(2)12(15)16-11-8-10-6-7-14(11,5)13(10,3)4/h4H,2-3,5-20H2,1H3;10-11H,1,6-8H2,2-5H3/t;10-,11?,14-/m.1/s1. The van der Waals surface area contributed by atoms with E-state index in [0.717, 1.165) is 12.8 Å². The Morgan fingerprint density at radius 1 is 0.821 bits per heavy atom. The van der Waals surface area contributed by atoms with Crippen molar-refractivity contribution in [3.05, 3.63) is 24.8 Å². The minimum Gasteiger partial charge on any atom is -0.463 e. The van der Waals surface area contributed by atoms with Gasteiger partial charge in [0.05, 0.1) is 6.61 Å². The summed E-state index contributed by atoms with van der Waals surface area (Å²) in [6.07, 6.45) is 26.6. The Hall–Kier alpha value is -1.58. The summed E-state index contributed by atoms with van der Waals surface area (Å²) >= 11 is 0. The van der Waals surface area contributed by atoms with E-state index in [1.807, 2.05) is 0 Å². The molecule has 0 amide bonds. The van der Waals surface area contributed by atoms with E-state index in [9.17, 15) is 9.59 Å². The number of rotatable bonds is 20. The number of ether oxygens (including phenoxy) is 2. The maximum atomic E-state index is 11.6. The fourth-order valence-electron chi connectivity index (χ4n) is 6.42. The average Bonchev–Trinajstić information content (AvgIpc) is 3.24. The molecule has 0 saturated heterocycles. The lowest BCUT2D eigenvalue weighted by molar-refractivity contribution is -0.152. The Morgan fingerprint density at radius 2 is 1.28 bits per heavy atom. The zero-order chi connectivity index (χ0) is 29.2. The lowest BCUT2D eigenvalue weighted by Gasteiger charge is -2.38. The maximum Gasteiger partial charge on any atom is 0.333 e. The number of hydrogen-bond donors (Lipinski definition) is 0. The maximum absolute atomic E-state index is 11.6. The quantitative estimate of drug-likeness (QED) is 0.0865. The highest BCUT2D eigenvalue weighted by atomic mass is 16.5. The molecule has 3 atom stereocenters. The second kappa shape index (κ2) is 19.5. The van der Waals surface area contributed by atoms with E-state index < -0.39 is 0 Å². The van der Waals surface area contributed by atoms with Gasteiger partial charge in [-0.2, -0.15) is 0 Å². The summed E-state index contributed by atoms with van der Waals surface area (Å²) in [6, 6.07) is 0. The minimum absolute atomic E-state index is 0.0884. The van der Waals surface area contributed by atoms with Crippen molar-refractivity contribution in [3.63, 3.8) is 0 Å². The molecule has 1 unspecified atom stereocenters. The zero-order valence-corrected chi connectivity index (χ0v) is 26.4. The summed E-state index contributed by atoms with van der Waals surface area (Å²) in [5, 5.41) is 0. The summed E-state index contributed by atoms with van der Waals surface area (Å²) in [7, 11) is 0. The summed E-state index contributed by atoms with van der Waals surface area (Å²) < 4.78 is 10.6. The molecule has 0 aromatic carbocycles. The van der Waals surface area contributed by atoms with Gasteiger partial charge in [-0.05, 0) is 43.9 Å². The number of carbonyl (C=O) groups excluding carboxylic acids is 2. The summed E-state index contributed by atoms with van der Waals surface area (Å²) in [5.74, 6) is 0.181. The van der Waals surface area contributed by atoms with Crippen LogP contribution in [0.1, 0.15) is 157 Å². The van der Waals surface area contributed by atoms with E-state index in [0.29, 0.717) is 23.5 Å². The molecule has 2 saturated carbocycles. The first-order valence-electron chi connectivity index (χ1n) is 16.3. The average molecular weight is 547 g/mol. The number of unbranched alkanes of at least 4 members (excludes halogenated alkanes) is 15. The van der Waals surface area contributed by atoms with E-state index in [4.69, 9.17) is 9.47 Å². The molecule has 226 valence electrons. The fourth-order valence-corrected chi connectivity index (χ4v) is 6.42. The van der Waals surface area contributed by atoms with Crippen LogP contribution in [0.25, 0.3) is 0 Å². The van der Waals surface area contributed by atoms with Gasteiger partial charge >= 0.3 is 11.9 Å². The van der Waals surface area contributed by atoms with Crippen LogP contribution in [0.5, 0.6) is 0 Å². The Morgan fingerprint density at radius 3 is 1.64 bits per heavy atom. The van der Waals surface area contributed by atoms with E-state index in [1.54, 1.807) is 6.92 Å². The molecular formula is C35H62O4. The van der Waals surface area contributed by atoms with E-state index in [2.05, 4.69) is 40.9 Å². The molecule has 2 rings (SSSR count). The first-order chi connectivity index (χ1) is 18.6. The van der Waals surface area contributed by atoms with Gasteiger partial charge in [0, 0.05) is 17.1 Å². The van der Waals surface area contributed by atoms with Gasteiger partial charge < -0.3 is 9.47 Å². The molecule has 4 nitrogen and oxygen atoms in total. The molecule has 39 heavy (non-hydrogen) atoms. The van der Waals surface area contributed by atoms with Gasteiger partial charge in [-0.3, -0.25) is 0 Å². The van der Waals surface area contributed by atoms with Gasteiger partial charge in [0.25, 0.3) is 0 Å². The van der Waals surface area contributed by atoms with Crippen molar-refractivity contribution in [1.29, 1.82) is 0 Å². The third-order valence-corrected chi connectivity index (χ3v) is 9.72. The lowest BCUT2D eigenvalue weighted by atomic mass is 9.70. The van der Waals surface area contributed by atoms with Crippen LogP contribution in [0, 0.1) is 16.7 Å². The second-order valence-corrected chi connectivity index (χ2v) is 13.0. The molecule has 0 aromatic heterocycles. The van der Waals surface area contributed by atoms with Crippen LogP contribution in [-0.4, -0.2) is 24.6 Å².